The fourth-order valence-corrected chi connectivity index (χ4v) is 2.68. The van der Waals surface area contributed by atoms with Crippen LogP contribution in [-0.4, -0.2) is 35.0 Å². The van der Waals surface area contributed by atoms with Crippen LogP contribution in [0.3, 0.4) is 0 Å². The number of aromatic hydroxyl groups is 1. The number of carbonyl (C=O) groups is 2. The van der Waals surface area contributed by atoms with E-state index in [2.05, 4.69) is 21.7 Å². The molecule has 2 aromatic rings. The van der Waals surface area contributed by atoms with E-state index in [0.717, 1.165) is 18.4 Å². The summed E-state index contributed by atoms with van der Waals surface area (Å²) >= 11 is 0. The van der Waals surface area contributed by atoms with Crippen molar-refractivity contribution in [1.29, 1.82) is 0 Å². The number of carbonyl (C=O) groups excluding carboxylic acids is 2. The molecule has 3 rings (SSSR count). The van der Waals surface area contributed by atoms with Crippen molar-refractivity contribution in [3.8, 4) is 5.75 Å². The molecule has 3 N–H and O–H groups in total. The van der Waals surface area contributed by atoms with E-state index >= 15 is 0 Å². The van der Waals surface area contributed by atoms with Crippen LogP contribution < -0.4 is 10.6 Å². The summed E-state index contributed by atoms with van der Waals surface area (Å²) in [5.41, 5.74) is 2.90. The first-order valence-electron chi connectivity index (χ1n) is 8.15. The Labute approximate surface area is 145 Å². The van der Waals surface area contributed by atoms with Gasteiger partial charge in [0.25, 0.3) is 11.8 Å². The maximum atomic E-state index is 12.2. The molecule has 0 unspecified atom stereocenters. The maximum Gasteiger partial charge on any atom is 0.273 e. The van der Waals surface area contributed by atoms with Crippen LogP contribution >= 0.6 is 0 Å². The molecule has 0 spiro atoms. The average Bonchev–Trinajstić information content (AvgIpc) is 2.64. The summed E-state index contributed by atoms with van der Waals surface area (Å²) in [4.78, 5) is 27.9. The highest BCUT2D eigenvalue weighted by atomic mass is 16.3. The van der Waals surface area contributed by atoms with Gasteiger partial charge in [-0.25, -0.2) is 4.98 Å². The number of nitrogens with zero attached hydrogens (tertiary/aromatic N) is 1. The molecule has 0 radical (unpaired) electrons. The number of allylic oxidation sites excluding steroid dienone is 1. The van der Waals surface area contributed by atoms with E-state index in [0.29, 0.717) is 5.56 Å². The summed E-state index contributed by atoms with van der Waals surface area (Å²) in [6, 6.07) is 8.62. The van der Waals surface area contributed by atoms with Gasteiger partial charge in [-0.05, 0) is 48.2 Å². The van der Waals surface area contributed by atoms with E-state index in [1.165, 1.54) is 17.8 Å². The van der Waals surface area contributed by atoms with Gasteiger partial charge >= 0.3 is 0 Å². The Hall–Kier alpha value is -3.15. The number of rotatable bonds is 5. The molecule has 2 amide bonds. The molecule has 1 heterocycles. The zero-order chi connectivity index (χ0) is 17.6. The summed E-state index contributed by atoms with van der Waals surface area (Å²) < 4.78 is 0. The summed E-state index contributed by atoms with van der Waals surface area (Å²) in [5.74, 6) is -0.839. The average molecular weight is 337 g/mol. The van der Waals surface area contributed by atoms with Crippen LogP contribution in [0.15, 0.2) is 42.6 Å². The van der Waals surface area contributed by atoms with Gasteiger partial charge in [0, 0.05) is 24.8 Å². The van der Waals surface area contributed by atoms with E-state index in [1.807, 2.05) is 24.3 Å². The molecule has 128 valence electrons. The van der Waals surface area contributed by atoms with E-state index in [1.54, 1.807) is 6.07 Å². The van der Waals surface area contributed by atoms with Crippen LogP contribution in [0.1, 0.15) is 38.4 Å². The molecule has 1 aliphatic rings. The van der Waals surface area contributed by atoms with Crippen molar-refractivity contribution < 1.29 is 14.7 Å². The number of fused-ring (bicyclic) bond motifs is 1. The van der Waals surface area contributed by atoms with Gasteiger partial charge in [0.15, 0.2) is 5.69 Å². The summed E-state index contributed by atoms with van der Waals surface area (Å²) in [6.07, 6.45) is 7.60. The number of benzene rings is 1. The molecule has 0 saturated heterocycles. The van der Waals surface area contributed by atoms with E-state index in [9.17, 15) is 14.7 Å². The molecule has 0 aliphatic heterocycles. The second-order valence-electron chi connectivity index (χ2n) is 5.74. The minimum atomic E-state index is -0.480. The van der Waals surface area contributed by atoms with Crippen LogP contribution in [0.5, 0.6) is 5.75 Å². The third-order valence-electron chi connectivity index (χ3n) is 3.98. The first kappa shape index (κ1) is 16.7. The maximum absolute atomic E-state index is 12.2. The molecule has 1 aliphatic carbocycles. The van der Waals surface area contributed by atoms with Gasteiger partial charge in [-0.2, -0.15) is 0 Å². The fourth-order valence-electron chi connectivity index (χ4n) is 2.68. The van der Waals surface area contributed by atoms with Crippen molar-refractivity contribution in [2.24, 2.45) is 0 Å². The second kappa shape index (κ2) is 7.61. The van der Waals surface area contributed by atoms with Crippen molar-refractivity contribution in [3.63, 3.8) is 0 Å². The fraction of sp³-hybridized carbons (Fsp3) is 0.211. The first-order chi connectivity index (χ1) is 12.1. The minimum absolute atomic E-state index is 0.0321. The first-order valence-corrected chi connectivity index (χ1v) is 8.15. The van der Waals surface area contributed by atoms with Gasteiger partial charge in [0.1, 0.15) is 5.75 Å². The highest BCUT2D eigenvalue weighted by molar-refractivity contribution is 5.96. The van der Waals surface area contributed by atoms with E-state index in [-0.39, 0.29) is 30.4 Å². The summed E-state index contributed by atoms with van der Waals surface area (Å²) in [5, 5.41) is 14.9. The monoisotopic (exact) mass is 337 g/mol. The van der Waals surface area contributed by atoms with Crippen molar-refractivity contribution in [3.05, 3.63) is 65.0 Å². The largest absolute Gasteiger partial charge is 0.505 e. The molecule has 25 heavy (non-hydrogen) atoms. The Bertz CT molecular complexity index is 830. The number of pyridine rings is 1. The molecule has 1 aromatic carbocycles. The number of aromatic nitrogens is 1. The smallest absolute Gasteiger partial charge is 0.273 e. The lowest BCUT2D eigenvalue weighted by atomic mass is 9.95. The molecule has 0 saturated carbocycles. The lowest BCUT2D eigenvalue weighted by Crippen LogP contribution is -2.35. The highest BCUT2D eigenvalue weighted by Crippen LogP contribution is 2.20. The zero-order valence-corrected chi connectivity index (χ0v) is 13.7. The standard InChI is InChI=1S/C19H19N3O3/c23-16-6-3-9-20-17(16)19(25)22-11-10-21-18(24)15-8-7-13-4-1-2-5-14(13)12-15/h2-3,5-9,12,23H,1,4,10-11H2,(H,21,24)(H,22,25). The number of amides is 2. The molecule has 0 bridgehead atoms. The minimum Gasteiger partial charge on any atom is -0.505 e. The van der Waals surface area contributed by atoms with Gasteiger partial charge in [0.05, 0.1) is 0 Å². The topological polar surface area (TPSA) is 91.3 Å². The number of hydrogen-bond donors (Lipinski definition) is 3. The van der Waals surface area contributed by atoms with Gasteiger partial charge in [-0.1, -0.05) is 18.2 Å². The van der Waals surface area contributed by atoms with Crippen molar-refractivity contribution in [1.82, 2.24) is 15.6 Å². The number of nitrogens with one attached hydrogen (secondary N) is 2. The van der Waals surface area contributed by atoms with Gasteiger partial charge in [-0.3, -0.25) is 9.59 Å². The van der Waals surface area contributed by atoms with Crippen molar-refractivity contribution in [2.45, 2.75) is 12.8 Å². The van der Waals surface area contributed by atoms with Crippen LogP contribution in [0, 0.1) is 0 Å². The third-order valence-corrected chi connectivity index (χ3v) is 3.98. The quantitative estimate of drug-likeness (QED) is 0.727. The second-order valence-corrected chi connectivity index (χ2v) is 5.74. The van der Waals surface area contributed by atoms with Crippen LogP contribution in [0.2, 0.25) is 0 Å². The van der Waals surface area contributed by atoms with Crippen molar-refractivity contribution >= 4 is 17.9 Å². The molecule has 0 atom stereocenters. The van der Waals surface area contributed by atoms with E-state index in [4.69, 9.17) is 0 Å². The molecular weight excluding hydrogens is 318 g/mol. The zero-order valence-electron chi connectivity index (χ0n) is 13.7. The lowest BCUT2D eigenvalue weighted by Gasteiger charge is -2.12. The lowest BCUT2D eigenvalue weighted by molar-refractivity contribution is 0.0923. The van der Waals surface area contributed by atoms with Crippen molar-refractivity contribution in [2.75, 3.05) is 13.1 Å². The molecule has 6 heteroatoms. The highest BCUT2D eigenvalue weighted by Gasteiger charge is 2.12. The number of hydrogen-bond acceptors (Lipinski definition) is 4. The predicted molar refractivity (Wildman–Crippen MR) is 94.4 cm³/mol. The van der Waals surface area contributed by atoms with E-state index < -0.39 is 5.91 Å². The summed E-state index contributed by atoms with van der Waals surface area (Å²) in [7, 11) is 0. The Kier molecular flexibility index (Phi) is 5.09. The third kappa shape index (κ3) is 4.03. The molecule has 6 nitrogen and oxygen atoms in total. The van der Waals surface area contributed by atoms with Crippen LogP contribution in [0.25, 0.3) is 6.08 Å². The van der Waals surface area contributed by atoms with Crippen LogP contribution in [0.4, 0.5) is 0 Å². The molecular formula is C19H19N3O3. The predicted octanol–water partition coefficient (Wildman–Crippen LogP) is 1.91. The van der Waals surface area contributed by atoms with Gasteiger partial charge in [-0.15, -0.1) is 0 Å². The Morgan fingerprint density at radius 2 is 1.92 bits per heavy atom. The molecule has 1 aromatic heterocycles. The van der Waals surface area contributed by atoms with Gasteiger partial charge in [0.2, 0.25) is 0 Å². The number of aryl methyl sites for hydroxylation is 1. The SMILES string of the molecule is O=C(NCCNC(=O)c1ncccc1O)c1ccc2c(c1)C=CCC2. The normalized spacial score (nSPS) is 12.3. The summed E-state index contributed by atoms with van der Waals surface area (Å²) in [6.45, 7) is 0.524. The Morgan fingerprint density at radius 3 is 2.72 bits per heavy atom. The Morgan fingerprint density at radius 1 is 1.12 bits per heavy atom. The molecule has 0 fully saturated rings. The van der Waals surface area contributed by atoms with Crippen LogP contribution in [-0.2, 0) is 6.42 Å². The Balaban J connectivity index is 1.49. The van der Waals surface area contributed by atoms with Gasteiger partial charge < -0.3 is 15.7 Å².